The monoisotopic (exact) mass is 296 g/mol. The quantitative estimate of drug-likeness (QED) is 0.789. The van der Waals surface area contributed by atoms with Crippen LogP contribution in [-0.4, -0.2) is 37.8 Å². The summed E-state index contributed by atoms with van der Waals surface area (Å²) in [5.41, 5.74) is 4.32. The van der Waals surface area contributed by atoms with Crippen LogP contribution in [0.15, 0.2) is 18.3 Å². The highest BCUT2D eigenvalue weighted by Gasteiger charge is 2.28. The van der Waals surface area contributed by atoms with E-state index in [1.807, 2.05) is 26.1 Å². The molecule has 0 radical (unpaired) electrons. The molecule has 6 heteroatoms. The van der Waals surface area contributed by atoms with E-state index in [1.165, 1.54) is 5.69 Å². The van der Waals surface area contributed by atoms with Gasteiger partial charge in [0.05, 0.1) is 17.3 Å². The zero-order valence-corrected chi connectivity index (χ0v) is 13.2. The summed E-state index contributed by atoms with van der Waals surface area (Å²) < 4.78 is 2.16. The number of aromatic amines is 1. The lowest BCUT2D eigenvalue weighted by Crippen LogP contribution is -2.23. The lowest BCUT2D eigenvalue weighted by Gasteiger charge is -2.19. The highest BCUT2D eigenvalue weighted by molar-refractivity contribution is 5.86. The second kappa shape index (κ2) is 4.83. The average Bonchev–Trinajstić information content (AvgIpc) is 3.17. The van der Waals surface area contributed by atoms with Gasteiger partial charge in [-0.1, -0.05) is 0 Å². The molecule has 0 bridgehead atoms. The number of hydrogen-bond acceptors (Lipinski definition) is 4. The molecule has 0 spiro atoms. The molecule has 114 valence electrons. The highest BCUT2D eigenvalue weighted by atomic mass is 15.3. The molecule has 0 aromatic carbocycles. The third-order valence-electron chi connectivity index (χ3n) is 4.35. The van der Waals surface area contributed by atoms with E-state index >= 15 is 0 Å². The van der Waals surface area contributed by atoms with Gasteiger partial charge in [0.15, 0.2) is 5.82 Å². The first kappa shape index (κ1) is 13.3. The summed E-state index contributed by atoms with van der Waals surface area (Å²) in [6.45, 7) is 8.05. The lowest BCUT2D eigenvalue weighted by molar-refractivity contribution is 0.481. The molecule has 1 atom stereocenters. The molecule has 3 aromatic heterocycles. The molecule has 22 heavy (non-hydrogen) atoms. The number of rotatable bonds is 2. The Labute approximate surface area is 129 Å². The van der Waals surface area contributed by atoms with Crippen LogP contribution in [0.1, 0.15) is 29.7 Å². The fraction of sp³-hybridized carbons (Fsp3) is 0.438. The van der Waals surface area contributed by atoms with Gasteiger partial charge >= 0.3 is 0 Å². The SMILES string of the molecule is Cc1cc(C)n(C2CCN(c3nc(C)nc4cc[nH]c34)C2)n1. The standard InChI is InChI=1S/C16H20N6/c1-10-8-11(2)22(20-10)13-5-7-21(9-13)16-15-14(4-6-17-15)18-12(3)19-16/h4,6,8,13,17H,5,7,9H2,1-3H3. The van der Waals surface area contributed by atoms with Crippen molar-refractivity contribution in [3.63, 3.8) is 0 Å². The van der Waals surface area contributed by atoms with Gasteiger partial charge < -0.3 is 9.88 Å². The molecular weight excluding hydrogens is 276 g/mol. The second-order valence-electron chi connectivity index (χ2n) is 6.09. The van der Waals surface area contributed by atoms with Crippen LogP contribution in [0.4, 0.5) is 5.82 Å². The van der Waals surface area contributed by atoms with Crippen molar-refractivity contribution in [1.82, 2.24) is 24.7 Å². The van der Waals surface area contributed by atoms with Crippen LogP contribution < -0.4 is 4.90 Å². The predicted molar refractivity (Wildman–Crippen MR) is 86.2 cm³/mol. The maximum absolute atomic E-state index is 4.67. The van der Waals surface area contributed by atoms with Crippen molar-refractivity contribution in [2.45, 2.75) is 33.2 Å². The molecule has 0 aliphatic carbocycles. The van der Waals surface area contributed by atoms with E-state index < -0.39 is 0 Å². The fourth-order valence-corrected chi connectivity index (χ4v) is 3.42. The summed E-state index contributed by atoms with van der Waals surface area (Å²) >= 11 is 0. The van der Waals surface area contributed by atoms with Crippen LogP contribution in [0.3, 0.4) is 0 Å². The van der Waals surface area contributed by atoms with Gasteiger partial charge in [0.1, 0.15) is 11.3 Å². The molecule has 3 aromatic rings. The van der Waals surface area contributed by atoms with E-state index in [2.05, 4.69) is 42.6 Å². The summed E-state index contributed by atoms with van der Waals surface area (Å²) in [6, 6.07) is 4.55. The molecule has 1 aliphatic rings. The number of nitrogens with zero attached hydrogens (tertiary/aromatic N) is 5. The first-order chi connectivity index (χ1) is 10.6. The summed E-state index contributed by atoms with van der Waals surface area (Å²) in [4.78, 5) is 14.8. The van der Waals surface area contributed by atoms with Gasteiger partial charge in [-0.25, -0.2) is 9.97 Å². The molecule has 1 unspecified atom stereocenters. The Kier molecular flexibility index (Phi) is 2.92. The molecule has 0 amide bonds. The summed E-state index contributed by atoms with van der Waals surface area (Å²) in [5.74, 6) is 1.83. The minimum absolute atomic E-state index is 0.411. The van der Waals surface area contributed by atoms with Crippen molar-refractivity contribution >= 4 is 16.9 Å². The third kappa shape index (κ3) is 2.06. The topological polar surface area (TPSA) is 62.6 Å². The van der Waals surface area contributed by atoms with Gasteiger partial charge in [0.2, 0.25) is 0 Å². The third-order valence-corrected chi connectivity index (χ3v) is 4.35. The van der Waals surface area contributed by atoms with Gasteiger partial charge in [-0.2, -0.15) is 5.10 Å². The smallest absolute Gasteiger partial charge is 0.156 e. The molecule has 0 saturated carbocycles. The second-order valence-corrected chi connectivity index (χ2v) is 6.09. The number of hydrogen-bond donors (Lipinski definition) is 1. The number of anilines is 1. The lowest BCUT2D eigenvalue weighted by atomic mass is 10.2. The minimum atomic E-state index is 0.411. The first-order valence-electron chi connectivity index (χ1n) is 7.71. The van der Waals surface area contributed by atoms with Gasteiger partial charge in [0, 0.05) is 25.0 Å². The summed E-state index contributed by atoms with van der Waals surface area (Å²) in [5, 5.41) is 4.64. The average molecular weight is 296 g/mol. The predicted octanol–water partition coefficient (Wildman–Crippen LogP) is 2.53. The molecule has 1 N–H and O–H groups in total. The first-order valence-corrected chi connectivity index (χ1v) is 7.71. The zero-order chi connectivity index (χ0) is 15.3. The number of fused-ring (bicyclic) bond motifs is 1. The van der Waals surface area contributed by atoms with Crippen LogP contribution in [0.2, 0.25) is 0 Å². The van der Waals surface area contributed by atoms with E-state index in [0.717, 1.165) is 47.9 Å². The van der Waals surface area contributed by atoms with Gasteiger partial charge in [-0.05, 0) is 39.3 Å². The number of nitrogens with one attached hydrogen (secondary N) is 1. The molecule has 6 nitrogen and oxygen atoms in total. The molecular formula is C16H20N6. The van der Waals surface area contributed by atoms with Gasteiger partial charge in [-0.15, -0.1) is 0 Å². The molecule has 1 aliphatic heterocycles. The van der Waals surface area contributed by atoms with Crippen LogP contribution in [0, 0.1) is 20.8 Å². The van der Waals surface area contributed by atoms with E-state index in [9.17, 15) is 0 Å². The van der Waals surface area contributed by atoms with Crippen LogP contribution in [0.25, 0.3) is 11.0 Å². The van der Waals surface area contributed by atoms with Crippen molar-refractivity contribution < 1.29 is 0 Å². The summed E-state index contributed by atoms with van der Waals surface area (Å²) in [7, 11) is 0. The normalized spacial score (nSPS) is 18.5. The van der Waals surface area contributed by atoms with Crippen molar-refractivity contribution in [1.29, 1.82) is 0 Å². The highest BCUT2D eigenvalue weighted by Crippen LogP contribution is 2.30. The Morgan fingerprint density at radius 2 is 2.09 bits per heavy atom. The van der Waals surface area contributed by atoms with E-state index in [1.54, 1.807) is 0 Å². The van der Waals surface area contributed by atoms with Crippen LogP contribution in [-0.2, 0) is 0 Å². The minimum Gasteiger partial charge on any atom is -0.357 e. The zero-order valence-electron chi connectivity index (χ0n) is 13.2. The summed E-state index contributed by atoms with van der Waals surface area (Å²) in [6.07, 6.45) is 3.02. The molecule has 1 saturated heterocycles. The maximum atomic E-state index is 4.67. The van der Waals surface area contributed by atoms with Crippen LogP contribution >= 0.6 is 0 Å². The van der Waals surface area contributed by atoms with Crippen LogP contribution in [0.5, 0.6) is 0 Å². The Morgan fingerprint density at radius 3 is 2.86 bits per heavy atom. The molecule has 4 heterocycles. The number of aryl methyl sites for hydroxylation is 3. The fourth-order valence-electron chi connectivity index (χ4n) is 3.42. The van der Waals surface area contributed by atoms with Crippen molar-refractivity contribution in [3.8, 4) is 0 Å². The Hall–Kier alpha value is -2.37. The van der Waals surface area contributed by atoms with Crippen molar-refractivity contribution in [3.05, 3.63) is 35.5 Å². The largest absolute Gasteiger partial charge is 0.357 e. The van der Waals surface area contributed by atoms with E-state index in [-0.39, 0.29) is 0 Å². The Morgan fingerprint density at radius 1 is 1.23 bits per heavy atom. The van der Waals surface area contributed by atoms with Gasteiger partial charge in [0.25, 0.3) is 0 Å². The van der Waals surface area contributed by atoms with Gasteiger partial charge in [-0.3, -0.25) is 4.68 Å². The molecule has 1 fully saturated rings. The Bertz CT molecular complexity index is 830. The van der Waals surface area contributed by atoms with Crippen molar-refractivity contribution in [2.75, 3.05) is 18.0 Å². The number of H-pyrrole nitrogens is 1. The maximum Gasteiger partial charge on any atom is 0.156 e. The Balaban J connectivity index is 1.67. The van der Waals surface area contributed by atoms with E-state index in [0.29, 0.717) is 6.04 Å². The molecule has 4 rings (SSSR count). The van der Waals surface area contributed by atoms with E-state index in [4.69, 9.17) is 0 Å². The number of aromatic nitrogens is 5. The van der Waals surface area contributed by atoms with Crippen molar-refractivity contribution in [2.24, 2.45) is 0 Å².